The molecular formula is C24H16Br2N2O4. The number of nitriles is 1. The fourth-order valence-electron chi connectivity index (χ4n) is 2.74. The first-order chi connectivity index (χ1) is 15.4. The van der Waals surface area contributed by atoms with E-state index in [1.807, 2.05) is 30.3 Å². The number of benzene rings is 3. The third-order valence-electron chi connectivity index (χ3n) is 4.31. The summed E-state index contributed by atoms with van der Waals surface area (Å²) < 4.78 is 7.64. The summed E-state index contributed by atoms with van der Waals surface area (Å²) in [5, 5.41) is 21.2. The molecule has 3 aromatic rings. The number of anilines is 1. The number of nitrogens with one attached hydrogen (secondary N) is 1. The predicted octanol–water partition coefficient (Wildman–Crippen LogP) is 6.03. The molecule has 0 radical (unpaired) electrons. The molecule has 8 heteroatoms. The van der Waals surface area contributed by atoms with Gasteiger partial charge in [-0.05, 0) is 60.2 Å². The van der Waals surface area contributed by atoms with Gasteiger partial charge in [-0.3, -0.25) is 4.79 Å². The topological polar surface area (TPSA) is 99.4 Å². The highest BCUT2D eigenvalue weighted by molar-refractivity contribution is 9.10. The fraction of sp³-hybridized carbons (Fsp3) is 0.0417. The van der Waals surface area contributed by atoms with E-state index in [1.165, 1.54) is 24.3 Å². The van der Waals surface area contributed by atoms with Crippen LogP contribution in [0.3, 0.4) is 0 Å². The first kappa shape index (κ1) is 23.3. The number of rotatable bonds is 7. The van der Waals surface area contributed by atoms with Crippen LogP contribution in [0.2, 0.25) is 0 Å². The molecule has 160 valence electrons. The second-order valence-corrected chi connectivity index (χ2v) is 8.44. The van der Waals surface area contributed by atoms with E-state index in [-0.39, 0.29) is 16.8 Å². The van der Waals surface area contributed by atoms with Crippen molar-refractivity contribution in [2.24, 2.45) is 0 Å². The molecular weight excluding hydrogens is 540 g/mol. The molecule has 0 saturated heterocycles. The second-order valence-electron chi connectivity index (χ2n) is 6.61. The molecule has 0 saturated carbocycles. The first-order valence-corrected chi connectivity index (χ1v) is 10.9. The average molecular weight is 556 g/mol. The van der Waals surface area contributed by atoms with Gasteiger partial charge in [-0.25, -0.2) is 4.79 Å². The van der Waals surface area contributed by atoms with Crippen LogP contribution in [-0.2, 0) is 11.4 Å². The van der Waals surface area contributed by atoms with E-state index in [9.17, 15) is 14.9 Å². The zero-order valence-corrected chi connectivity index (χ0v) is 19.7. The Morgan fingerprint density at radius 1 is 1.03 bits per heavy atom. The van der Waals surface area contributed by atoms with Crippen molar-refractivity contribution in [2.75, 3.05) is 5.32 Å². The van der Waals surface area contributed by atoms with Crippen molar-refractivity contribution in [3.05, 3.63) is 97.9 Å². The maximum Gasteiger partial charge on any atom is 0.335 e. The Hall–Kier alpha value is -3.41. The van der Waals surface area contributed by atoms with Crippen molar-refractivity contribution in [1.82, 2.24) is 0 Å². The number of nitrogens with zero attached hydrogens (tertiary/aromatic N) is 1. The lowest BCUT2D eigenvalue weighted by molar-refractivity contribution is -0.112. The second kappa shape index (κ2) is 10.8. The lowest BCUT2D eigenvalue weighted by Gasteiger charge is -2.11. The molecule has 0 heterocycles. The molecule has 32 heavy (non-hydrogen) atoms. The van der Waals surface area contributed by atoms with Gasteiger partial charge in [0, 0.05) is 20.2 Å². The van der Waals surface area contributed by atoms with Gasteiger partial charge in [-0.15, -0.1) is 0 Å². The van der Waals surface area contributed by atoms with Crippen LogP contribution < -0.4 is 10.1 Å². The fourth-order valence-corrected chi connectivity index (χ4v) is 3.38. The van der Waals surface area contributed by atoms with E-state index < -0.39 is 11.9 Å². The Labute approximate surface area is 201 Å². The zero-order valence-electron chi connectivity index (χ0n) is 16.5. The maximum atomic E-state index is 12.6. The maximum absolute atomic E-state index is 12.6. The Kier molecular flexibility index (Phi) is 7.82. The van der Waals surface area contributed by atoms with Crippen molar-refractivity contribution in [3.63, 3.8) is 0 Å². The number of carboxylic acid groups (broad SMARTS) is 1. The Morgan fingerprint density at radius 2 is 1.75 bits per heavy atom. The van der Waals surface area contributed by atoms with Crippen LogP contribution in [0.25, 0.3) is 6.08 Å². The number of carboxylic acids is 1. The number of ether oxygens (including phenoxy) is 1. The summed E-state index contributed by atoms with van der Waals surface area (Å²) in [6, 6.07) is 20.7. The first-order valence-electron chi connectivity index (χ1n) is 9.29. The molecule has 0 aliphatic carbocycles. The van der Waals surface area contributed by atoms with Crippen LogP contribution in [0.1, 0.15) is 21.5 Å². The number of halogens is 2. The summed E-state index contributed by atoms with van der Waals surface area (Å²) in [6.45, 7) is 0.311. The van der Waals surface area contributed by atoms with Gasteiger partial charge in [-0.1, -0.05) is 50.1 Å². The number of hydrogen-bond donors (Lipinski definition) is 2. The predicted molar refractivity (Wildman–Crippen MR) is 128 cm³/mol. The molecule has 0 bridgehead atoms. The quantitative estimate of drug-likeness (QED) is 0.274. The molecule has 0 atom stereocenters. The third-order valence-corrected chi connectivity index (χ3v) is 5.33. The SMILES string of the molecule is N#C/C(=C/c1cc(Br)ccc1OCc1ccc(Br)cc1)C(=O)Nc1cccc(C(=O)O)c1. The van der Waals surface area contributed by atoms with Gasteiger partial charge in [0.05, 0.1) is 5.56 Å². The van der Waals surface area contributed by atoms with Crippen molar-refractivity contribution < 1.29 is 19.4 Å². The molecule has 0 aliphatic rings. The Morgan fingerprint density at radius 3 is 2.44 bits per heavy atom. The lowest BCUT2D eigenvalue weighted by Crippen LogP contribution is -2.14. The van der Waals surface area contributed by atoms with Crippen molar-refractivity contribution >= 4 is 55.5 Å². The number of hydrogen-bond acceptors (Lipinski definition) is 4. The molecule has 3 rings (SSSR count). The van der Waals surface area contributed by atoms with Gasteiger partial charge < -0.3 is 15.2 Å². The van der Waals surface area contributed by atoms with Crippen LogP contribution in [0.15, 0.2) is 81.2 Å². The summed E-state index contributed by atoms with van der Waals surface area (Å²) in [5.74, 6) is -1.27. The van der Waals surface area contributed by atoms with Gasteiger partial charge in [0.15, 0.2) is 0 Å². The van der Waals surface area contributed by atoms with Crippen LogP contribution >= 0.6 is 31.9 Å². The van der Waals surface area contributed by atoms with Gasteiger partial charge >= 0.3 is 5.97 Å². The minimum absolute atomic E-state index is 0.0286. The molecule has 0 fully saturated rings. The highest BCUT2D eigenvalue weighted by Gasteiger charge is 2.13. The Balaban J connectivity index is 1.82. The number of amides is 1. The number of aromatic carboxylic acids is 1. The minimum Gasteiger partial charge on any atom is -0.488 e. The van der Waals surface area contributed by atoms with Gasteiger partial charge in [-0.2, -0.15) is 5.26 Å². The van der Waals surface area contributed by atoms with Crippen LogP contribution in [0.5, 0.6) is 5.75 Å². The van der Waals surface area contributed by atoms with E-state index in [2.05, 4.69) is 37.2 Å². The van der Waals surface area contributed by atoms with Crippen LogP contribution in [0, 0.1) is 11.3 Å². The lowest BCUT2D eigenvalue weighted by atomic mass is 10.1. The molecule has 0 unspecified atom stereocenters. The summed E-state index contributed by atoms with van der Waals surface area (Å²) in [4.78, 5) is 23.8. The summed E-state index contributed by atoms with van der Waals surface area (Å²) in [7, 11) is 0. The molecule has 0 aliphatic heterocycles. The smallest absolute Gasteiger partial charge is 0.335 e. The van der Waals surface area contributed by atoms with Crippen LogP contribution in [0.4, 0.5) is 5.69 Å². The van der Waals surface area contributed by atoms with E-state index in [4.69, 9.17) is 9.84 Å². The van der Waals surface area contributed by atoms with Crippen molar-refractivity contribution in [3.8, 4) is 11.8 Å². The van der Waals surface area contributed by atoms with Crippen molar-refractivity contribution in [2.45, 2.75) is 6.61 Å². The number of carbonyl (C=O) groups is 2. The molecule has 2 N–H and O–H groups in total. The van der Waals surface area contributed by atoms with Gasteiger partial charge in [0.25, 0.3) is 5.91 Å². The van der Waals surface area contributed by atoms with Gasteiger partial charge in [0.2, 0.25) is 0 Å². The zero-order chi connectivity index (χ0) is 23.1. The molecule has 3 aromatic carbocycles. The molecule has 0 aromatic heterocycles. The molecule has 6 nitrogen and oxygen atoms in total. The van der Waals surface area contributed by atoms with E-state index in [0.29, 0.717) is 17.9 Å². The minimum atomic E-state index is -1.11. The van der Waals surface area contributed by atoms with E-state index in [0.717, 1.165) is 14.5 Å². The summed E-state index contributed by atoms with van der Waals surface area (Å²) in [5.41, 5.74) is 1.65. The van der Waals surface area contributed by atoms with E-state index in [1.54, 1.807) is 24.3 Å². The van der Waals surface area contributed by atoms with Crippen molar-refractivity contribution in [1.29, 1.82) is 5.26 Å². The van der Waals surface area contributed by atoms with E-state index >= 15 is 0 Å². The van der Waals surface area contributed by atoms with Gasteiger partial charge in [0.1, 0.15) is 24.0 Å². The monoisotopic (exact) mass is 554 g/mol. The molecule has 0 spiro atoms. The summed E-state index contributed by atoms with van der Waals surface area (Å²) in [6.07, 6.45) is 1.43. The third kappa shape index (κ3) is 6.30. The normalized spacial score (nSPS) is 10.8. The average Bonchev–Trinajstić information content (AvgIpc) is 2.78. The largest absolute Gasteiger partial charge is 0.488 e. The van der Waals surface area contributed by atoms with Crippen LogP contribution in [-0.4, -0.2) is 17.0 Å². The highest BCUT2D eigenvalue weighted by Crippen LogP contribution is 2.27. The summed E-state index contributed by atoms with van der Waals surface area (Å²) >= 11 is 6.79. The standard InChI is InChI=1S/C24H16Br2N2O4/c25-19-6-4-15(5-7-19)14-32-22-9-8-20(26)11-17(22)10-18(13-27)23(29)28-21-3-1-2-16(12-21)24(30)31/h1-12H,14H2,(H,28,29)(H,30,31)/b18-10-. The Bertz CT molecular complexity index is 1230. The highest BCUT2D eigenvalue weighted by atomic mass is 79.9. The number of carbonyl (C=O) groups excluding carboxylic acids is 1. The molecule has 1 amide bonds.